The minimum absolute atomic E-state index is 0.0846. The number of carbonyl (C=O) groups excluding carboxylic acids is 1. The Morgan fingerprint density at radius 2 is 2.27 bits per heavy atom. The third-order valence-electron chi connectivity index (χ3n) is 3.64. The van der Waals surface area contributed by atoms with E-state index in [0.717, 1.165) is 38.5 Å². The average molecular weight is 209 g/mol. The Morgan fingerprint density at radius 1 is 1.47 bits per heavy atom. The van der Waals surface area contributed by atoms with Crippen molar-refractivity contribution in [3.63, 3.8) is 0 Å². The van der Waals surface area contributed by atoms with Gasteiger partial charge in [-0.1, -0.05) is 12.2 Å². The van der Waals surface area contributed by atoms with Crippen molar-refractivity contribution in [3.05, 3.63) is 12.2 Å². The fourth-order valence-electron chi connectivity index (χ4n) is 2.32. The van der Waals surface area contributed by atoms with E-state index in [9.17, 15) is 9.90 Å². The predicted molar refractivity (Wildman–Crippen MR) is 58.3 cm³/mol. The largest absolute Gasteiger partial charge is 0.394 e. The molecule has 0 aromatic heterocycles. The van der Waals surface area contributed by atoms with Gasteiger partial charge in [0.25, 0.3) is 0 Å². The molecule has 0 aliphatic heterocycles. The first kappa shape index (κ1) is 10.7. The van der Waals surface area contributed by atoms with Gasteiger partial charge in [-0.2, -0.15) is 0 Å². The minimum Gasteiger partial charge on any atom is -0.394 e. The zero-order chi connectivity index (χ0) is 10.7. The molecule has 1 saturated carbocycles. The Bertz CT molecular complexity index is 263. The molecule has 2 aliphatic rings. The van der Waals surface area contributed by atoms with Crippen molar-refractivity contribution >= 4 is 5.91 Å². The fraction of sp³-hybridized carbons (Fsp3) is 0.750. The maximum absolute atomic E-state index is 11.9. The Hall–Kier alpha value is -0.830. The number of amides is 1. The SMILES string of the molecule is O=C(NC1(CO)CCC1)C1CC=CCC1. The molecule has 2 aliphatic carbocycles. The number of aliphatic hydroxyl groups is 1. The summed E-state index contributed by atoms with van der Waals surface area (Å²) in [5.74, 6) is 0.257. The standard InChI is InChI=1S/C12H19NO2/c14-9-12(7-4-8-12)13-11(15)10-5-2-1-3-6-10/h1-2,10,14H,3-9H2,(H,13,15). The van der Waals surface area contributed by atoms with Gasteiger partial charge in [-0.3, -0.25) is 4.79 Å². The van der Waals surface area contributed by atoms with Gasteiger partial charge in [0.05, 0.1) is 12.1 Å². The van der Waals surface area contributed by atoms with Crippen LogP contribution in [-0.2, 0) is 4.79 Å². The third-order valence-corrected chi connectivity index (χ3v) is 3.64. The normalized spacial score (nSPS) is 28.2. The van der Waals surface area contributed by atoms with E-state index in [1.54, 1.807) is 0 Å². The van der Waals surface area contributed by atoms with E-state index in [-0.39, 0.29) is 24.0 Å². The van der Waals surface area contributed by atoms with Gasteiger partial charge in [-0.15, -0.1) is 0 Å². The lowest BCUT2D eigenvalue weighted by molar-refractivity contribution is -0.129. The fourth-order valence-corrected chi connectivity index (χ4v) is 2.32. The molecule has 0 bridgehead atoms. The molecule has 2 N–H and O–H groups in total. The van der Waals surface area contributed by atoms with E-state index in [0.29, 0.717) is 0 Å². The second-order valence-corrected chi connectivity index (χ2v) is 4.76. The van der Waals surface area contributed by atoms with Crippen LogP contribution in [0.15, 0.2) is 12.2 Å². The van der Waals surface area contributed by atoms with Gasteiger partial charge in [-0.25, -0.2) is 0 Å². The average Bonchev–Trinajstić information content (AvgIpc) is 2.24. The van der Waals surface area contributed by atoms with Crippen molar-refractivity contribution in [1.29, 1.82) is 0 Å². The smallest absolute Gasteiger partial charge is 0.223 e. The summed E-state index contributed by atoms with van der Waals surface area (Å²) in [7, 11) is 0. The summed E-state index contributed by atoms with van der Waals surface area (Å²) in [5.41, 5.74) is -0.280. The number of hydrogen-bond donors (Lipinski definition) is 2. The molecule has 0 aromatic rings. The second-order valence-electron chi connectivity index (χ2n) is 4.76. The highest BCUT2D eigenvalue weighted by molar-refractivity contribution is 5.80. The van der Waals surface area contributed by atoms with Gasteiger partial charge in [0.1, 0.15) is 0 Å². The molecule has 3 nitrogen and oxygen atoms in total. The summed E-state index contributed by atoms with van der Waals surface area (Å²) < 4.78 is 0. The molecule has 1 fully saturated rings. The first-order valence-corrected chi connectivity index (χ1v) is 5.84. The highest BCUT2D eigenvalue weighted by Crippen LogP contribution is 2.32. The summed E-state index contributed by atoms with van der Waals surface area (Å²) in [6.07, 6.45) is 10.00. The van der Waals surface area contributed by atoms with Gasteiger partial charge >= 0.3 is 0 Å². The van der Waals surface area contributed by atoms with Crippen LogP contribution >= 0.6 is 0 Å². The van der Waals surface area contributed by atoms with E-state index in [2.05, 4.69) is 17.5 Å². The van der Waals surface area contributed by atoms with Crippen LogP contribution in [0.1, 0.15) is 38.5 Å². The first-order valence-electron chi connectivity index (χ1n) is 5.84. The molecule has 0 saturated heterocycles. The molecular weight excluding hydrogens is 190 g/mol. The van der Waals surface area contributed by atoms with Crippen LogP contribution in [0.25, 0.3) is 0 Å². The van der Waals surface area contributed by atoms with Gasteiger partial charge in [0, 0.05) is 5.92 Å². The highest BCUT2D eigenvalue weighted by Gasteiger charge is 2.38. The van der Waals surface area contributed by atoms with Crippen molar-refractivity contribution in [1.82, 2.24) is 5.32 Å². The molecule has 15 heavy (non-hydrogen) atoms. The number of carbonyl (C=O) groups is 1. The van der Waals surface area contributed by atoms with Crippen molar-refractivity contribution in [2.24, 2.45) is 5.92 Å². The van der Waals surface area contributed by atoms with Crippen LogP contribution in [0, 0.1) is 5.92 Å². The van der Waals surface area contributed by atoms with E-state index >= 15 is 0 Å². The lowest BCUT2D eigenvalue weighted by atomic mass is 9.77. The number of allylic oxidation sites excluding steroid dienone is 2. The zero-order valence-electron chi connectivity index (χ0n) is 9.04. The lowest BCUT2D eigenvalue weighted by Crippen LogP contribution is -2.57. The van der Waals surface area contributed by atoms with Gasteiger partial charge < -0.3 is 10.4 Å². The van der Waals surface area contributed by atoms with E-state index in [1.807, 2.05) is 0 Å². The summed E-state index contributed by atoms with van der Waals surface area (Å²) in [6.45, 7) is 0.0846. The molecule has 3 heteroatoms. The molecule has 0 spiro atoms. The molecular formula is C12H19NO2. The van der Waals surface area contributed by atoms with E-state index in [4.69, 9.17) is 0 Å². The molecule has 2 rings (SSSR count). The summed E-state index contributed by atoms with van der Waals surface area (Å²) >= 11 is 0. The summed E-state index contributed by atoms with van der Waals surface area (Å²) in [5, 5.41) is 12.3. The maximum atomic E-state index is 11.9. The zero-order valence-corrected chi connectivity index (χ0v) is 9.04. The molecule has 0 aromatic carbocycles. The Kier molecular flexibility index (Phi) is 3.10. The van der Waals surface area contributed by atoms with Crippen molar-refractivity contribution in [2.45, 2.75) is 44.1 Å². The monoisotopic (exact) mass is 209 g/mol. The maximum Gasteiger partial charge on any atom is 0.223 e. The van der Waals surface area contributed by atoms with E-state index in [1.165, 1.54) is 0 Å². The second kappa shape index (κ2) is 4.35. The highest BCUT2D eigenvalue weighted by atomic mass is 16.3. The Morgan fingerprint density at radius 3 is 2.73 bits per heavy atom. The molecule has 1 amide bonds. The van der Waals surface area contributed by atoms with Crippen LogP contribution in [-0.4, -0.2) is 23.2 Å². The van der Waals surface area contributed by atoms with Crippen LogP contribution < -0.4 is 5.32 Å². The molecule has 1 atom stereocenters. The molecule has 0 heterocycles. The topological polar surface area (TPSA) is 49.3 Å². The molecule has 0 radical (unpaired) electrons. The minimum atomic E-state index is -0.280. The summed E-state index contributed by atoms with van der Waals surface area (Å²) in [4.78, 5) is 11.9. The van der Waals surface area contributed by atoms with Gasteiger partial charge in [0.15, 0.2) is 0 Å². The Balaban J connectivity index is 1.88. The predicted octanol–water partition coefficient (Wildman–Crippen LogP) is 1.37. The molecule has 1 unspecified atom stereocenters. The number of aliphatic hydroxyl groups excluding tert-OH is 1. The Labute approximate surface area is 90.6 Å². The summed E-state index contributed by atoms with van der Waals surface area (Å²) in [6, 6.07) is 0. The number of rotatable bonds is 3. The van der Waals surface area contributed by atoms with Crippen LogP contribution in [0.2, 0.25) is 0 Å². The van der Waals surface area contributed by atoms with Gasteiger partial charge in [0.2, 0.25) is 5.91 Å². The number of nitrogens with one attached hydrogen (secondary N) is 1. The third kappa shape index (κ3) is 2.23. The van der Waals surface area contributed by atoms with Crippen molar-refractivity contribution in [3.8, 4) is 0 Å². The quantitative estimate of drug-likeness (QED) is 0.690. The number of hydrogen-bond acceptors (Lipinski definition) is 2. The first-order chi connectivity index (χ1) is 7.26. The van der Waals surface area contributed by atoms with Crippen molar-refractivity contribution < 1.29 is 9.90 Å². The van der Waals surface area contributed by atoms with Gasteiger partial charge in [-0.05, 0) is 38.5 Å². The lowest BCUT2D eigenvalue weighted by Gasteiger charge is -2.41. The van der Waals surface area contributed by atoms with Crippen LogP contribution in [0.5, 0.6) is 0 Å². The van der Waals surface area contributed by atoms with Crippen LogP contribution in [0.3, 0.4) is 0 Å². The molecule has 84 valence electrons. The van der Waals surface area contributed by atoms with E-state index < -0.39 is 0 Å². The van der Waals surface area contributed by atoms with Crippen LogP contribution in [0.4, 0.5) is 0 Å². The van der Waals surface area contributed by atoms with Crippen molar-refractivity contribution in [2.75, 3.05) is 6.61 Å².